The number of aromatic nitrogens is 2. The normalized spacial score (nSPS) is 10.3. The minimum atomic E-state index is 0.566. The van der Waals surface area contributed by atoms with Crippen molar-refractivity contribution in [3.05, 3.63) is 65.7 Å². The van der Waals surface area contributed by atoms with Gasteiger partial charge < -0.3 is 5.73 Å². The van der Waals surface area contributed by atoms with Crippen LogP contribution in [0.15, 0.2) is 54.6 Å². The van der Waals surface area contributed by atoms with Gasteiger partial charge in [-0.25, -0.2) is 4.68 Å². The number of anilines is 1. The lowest BCUT2D eigenvalue weighted by atomic mass is 10.1. The third-order valence-electron chi connectivity index (χ3n) is 3.29. The van der Waals surface area contributed by atoms with Gasteiger partial charge in [0.1, 0.15) is 5.82 Å². The largest absolute Gasteiger partial charge is 0.384 e. The van der Waals surface area contributed by atoms with Gasteiger partial charge in [0.15, 0.2) is 0 Å². The quantitative estimate of drug-likeness (QED) is 0.779. The topological polar surface area (TPSA) is 67.6 Å². The van der Waals surface area contributed by atoms with Crippen LogP contribution in [-0.4, -0.2) is 9.78 Å². The van der Waals surface area contributed by atoms with Gasteiger partial charge in [0.25, 0.3) is 0 Å². The molecule has 4 nitrogen and oxygen atoms in total. The number of benzene rings is 2. The third kappa shape index (κ3) is 2.49. The van der Waals surface area contributed by atoms with Gasteiger partial charge in [-0.15, -0.1) is 0 Å². The minimum Gasteiger partial charge on any atom is -0.384 e. The Morgan fingerprint density at radius 2 is 1.86 bits per heavy atom. The van der Waals surface area contributed by atoms with Crippen LogP contribution in [0.5, 0.6) is 0 Å². The summed E-state index contributed by atoms with van der Waals surface area (Å²) >= 11 is 0. The molecule has 0 fully saturated rings. The van der Waals surface area contributed by atoms with E-state index < -0.39 is 0 Å². The summed E-state index contributed by atoms with van der Waals surface area (Å²) < 4.78 is 1.68. The first kappa shape index (κ1) is 12.9. The molecule has 21 heavy (non-hydrogen) atoms. The molecule has 3 rings (SSSR count). The predicted octanol–water partition coefficient (Wildman–Crippen LogP) is 3.30. The molecule has 3 aromatic rings. The molecule has 102 valence electrons. The first-order valence-electron chi connectivity index (χ1n) is 6.60. The van der Waals surface area contributed by atoms with Crippen LogP contribution in [0.1, 0.15) is 11.1 Å². The first-order chi connectivity index (χ1) is 10.2. The van der Waals surface area contributed by atoms with Crippen molar-refractivity contribution < 1.29 is 0 Å². The second-order valence-corrected chi connectivity index (χ2v) is 4.89. The van der Waals surface area contributed by atoms with E-state index in [0.717, 1.165) is 16.9 Å². The zero-order chi connectivity index (χ0) is 14.8. The van der Waals surface area contributed by atoms with E-state index in [1.165, 1.54) is 5.56 Å². The summed E-state index contributed by atoms with van der Waals surface area (Å²) in [7, 11) is 0. The number of nitriles is 1. The zero-order valence-corrected chi connectivity index (χ0v) is 11.6. The highest BCUT2D eigenvalue weighted by atomic mass is 15.3. The molecule has 0 saturated carbocycles. The van der Waals surface area contributed by atoms with E-state index in [1.54, 1.807) is 16.8 Å². The summed E-state index contributed by atoms with van der Waals surface area (Å²) in [5.41, 5.74) is 10.6. The van der Waals surface area contributed by atoms with E-state index in [-0.39, 0.29) is 0 Å². The highest BCUT2D eigenvalue weighted by Crippen LogP contribution is 2.23. The minimum absolute atomic E-state index is 0.566. The van der Waals surface area contributed by atoms with Crippen LogP contribution in [0.2, 0.25) is 0 Å². The second kappa shape index (κ2) is 5.14. The average Bonchev–Trinajstić information content (AvgIpc) is 2.89. The molecule has 2 N–H and O–H groups in total. The maximum absolute atomic E-state index is 8.84. The summed E-state index contributed by atoms with van der Waals surface area (Å²) in [6.07, 6.45) is 0. The Labute approximate surface area is 123 Å². The molecule has 1 aromatic heterocycles. The van der Waals surface area contributed by atoms with Crippen molar-refractivity contribution in [2.75, 3.05) is 5.73 Å². The van der Waals surface area contributed by atoms with Gasteiger partial charge in [-0.1, -0.05) is 23.8 Å². The summed E-state index contributed by atoms with van der Waals surface area (Å²) in [6.45, 7) is 2.05. The maximum Gasteiger partial charge on any atom is 0.127 e. The van der Waals surface area contributed by atoms with Crippen molar-refractivity contribution in [2.45, 2.75) is 6.92 Å². The molecule has 0 unspecified atom stereocenters. The van der Waals surface area contributed by atoms with E-state index in [2.05, 4.69) is 17.2 Å². The number of nitrogens with two attached hydrogens (primary N) is 1. The fraction of sp³-hybridized carbons (Fsp3) is 0.0588. The van der Waals surface area contributed by atoms with Crippen LogP contribution in [-0.2, 0) is 0 Å². The van der Waals surface area contributed by atoms with Gasteiger partial charge in [-0.05, 0) is 37.3 Å². The van der Waals surface area contributed by atoms with Crippen LogP contribution < -0.4 is 5.73 Å². The zero-order valence-electron chi connectivity index (χ0n) is 11.6. The Kier molecular flexibility index (Phi) is 3.17. The third-order valence-corrected chi connectivity index (χ3v) is 3.29. The van der Waals surface area contributed by atoms with E-state index in [9.17, 15) is 0 Å². The molecule has 0 aliphatic carbocycles. The molecule has 0 saturated heterocycles. The average molecular weight is 274 g/mol. The molecule has 0 aliphatic heterocycles. The van der Waals surface area contributed by atoms with Crippen molar-refractivity contribution in [3.63, 3.8) is 0 Å². The van der Waals surface area contributed by atoms with Crippen molar-refractivity contribution in [1.82, 2.24) is 9.78 Å². The molecule has 0 bridgehead atoms. The fourth-order valence-electron chi connectivity index (χ4n) is 2.22. The van der Waals surface area contributed by atoms with Crippen LogP contribution in [0, 0.1) is 18.3 Å². The van der Waals surface area contributed by atoms with E-state index in [4.69, 9.17) is 11.0 Å². The summed E-state index contributed by atoms with van der Waals surface area (Å²) in [4.78, 5) is 0. The molecule has 2 aromatic carbocycles. The van der Waals surface area contributed by atoms with Crippen LogP contribution in [0.25, 0.3) is 16.9 Å². The summed E-state index contributed by atoms with van der Waals surface area (Å²) in [6, 6.07) is 19.3. The van der Waals surface area contributed by atoms with E-state index in [1.807, 2.05) is 43.3 Å². The summed E-state index contributed by atoms with van der Waals surface area (Å²) in [5.74, 6) is 0.566. The number of hydrogen-bond donors (Lipinski definition) is 1. The number of nitrogens with zero attached hydrogens (tertiary/aromatic N) is 3. The van der Waals surface area contributed by atoms with E-state index in [0.29, 0.717) is 11.4 Å². The van der Waals surface area contributed by atoms with Gasteiger partial charge in [0, 0.05) is 11.6 Å². The number of aryl methyl sites for hydroxylation is 1. The second-order valence-electron chi connectivity index (χ2n) is 4.89. The fourth-order valence-corrected chi connectivity index (χ4v) is 2.22. The molecule has 0 amide bonds. The van der Waals surface area contributed by atoms with Gasteiger partial charge >= 0.3 is 0 Å². The lowest BCUT2D eigenvalue weighted by Gasteiger charge is -2.03. The van der Waals surface area contributed by atoms with Crippen molar-refractivity contribution in [2.24, 2.45) is 0 Å². The molecular weight excluding hydrogens is 260 g/mol. The van der Waals surface area contributed by atoms with Crippen molar-refractivity contribution >= 4 is 5.82 Å². The van der Waals surface area contributed by atoms with Crippen molar-refractivity contribution in [1.29, 1.82) is 5.26 Å². The number of hydrogen-bond acceptors (Lipinski definition) is 3. The van der Waals surface area contributed by atoms with Crippen LogP contribution in [0.3, 0.4) is 0 Å². The Balaban J connectivity index is 2.03. The monoisotopic (exact) mass is 274 g/mol. The molecule has 1 heterocycles. The van der Waals surface area contributed by atoms with Crippen LogP contribution in [0.4, 0.5) is 5.82 Å². The SMILES string of the molecule is Cc1cccc(-c2cc(N)n(-c3ccc(C#N)cc3)n2)c1. The van der Waals surface area contributed by atoms with E-state index >= 15 is 0 Å². The standard InChI is InChI=1S/C17H14N4/c1-12-3-2-4-14(9-12)16-10-17(19)21(20-16)15-7-5-13(11-18)6-8-15/h2-10H,19H2,1H3. The Bertz CT molecular complexity index is 823. The molecule has 0 radical (unpaired) electrons. The molecule has 4 heteroatoms. The number of nitrogen functional groups attached to an aromatic ring is 1. The Hall–Kier alpha value is -3.06. The van der Waals surface area contributed by atoms with Gasteiger partial charge in [0.2, 0.25) is 0 Å². The van der Waals surface area contributed by atoms with Crippen LogP contribution >= 0.6 is 0 Å². The predicted molar refractivity (Wildman–Crippen MR) is 82.9 cm³/mol. The van der Waals surface area contributed by atoms with Crippen molar-refractivity contribution in [3.8, 4) is 23.0 Å². The van der Waals surface area contributed by atoms with Gasteiger partial charge in [-0.3, -0.25) is 0 Å². The Morgan fingerprint density at radius 1 is 1.10 bits per heavy atom. The molecule has 0 atom stereocenters. The highest BCUT2D eigenvalue weighted by molar-refractivity contribution is 5.64. The molecular formula is C17H14N4. The lowest BCUT2D eigenvalue weighted by molar-refractivity contribution is 0.895. The number of rotatable bonds is 2. The summed E-state index contributed by atoms with van der Waals surface area (Å²) in [5, 5.41) is 13.4. The Morgan fingerprint density at radius 3 is 2.52 bits per heavy atom. The molecule has 0 aliphatic rings. The van der Waals surface area contributed by atoms with Gasteiger partial charge in [-0.2, -0.15) is 10.4 Å². The first-order valence-corrected chi connectivity index (χ1v) is 6.60. The lowest BCUT2D eigenvalue weighted by Crippen LogP contribution is -2.01. The van der Waals surface area contributed by atoms with Gasteiger partial charge in [0.05, 0.1) is 23.0 Å². The highest BCUT2D eigenvalue weighted by Gasteiger charge is 2.09. The smallest absolute Gasteiger partial charge is 0.127 e. The maximum atomic E-state index is 8.84. The molecule has 0 spiro atoms.